The van der Waals surface area contributed by atoms with Gasteiger partial charge < -0.3 is 15.6 Å². The Hall–Kier alpha value is -0.450. The van der Waals surface area contributed by atoms with Gasteiger partial charge in [-0.1, -0.05) is 12.8 Å². The smallest absolute Gasteiger partial charge is 0.172 e. The van der Waals surface area contributed by atoms with Crippen LogP contribution in [0.3, 0.4) is 0 Å². The van der Waals surface area contributed by atoms with Crippen molar-refractivity contribution in [3.8, 4) is 11.5 Å². The number of benzene rings is 1. The number of halogens is 2. The lowest BCUT2D eigenvalue weighted by molar-refractivity contribution is 0.370. The van der Waals surface area contributed by atoms with Gasteiger partial charge in [0.15, 0.2) is 11.5 Å². The molecule has 1 atom stereocenters. The quantitative estimate of drug-likeness (QED) is 0.893. The van der Waals surface area contributed by atoms with Gasteiger partial charge in [0.1, 0.15) is 0 Å². The van der Waals surface area contributed by atoms with Crippen LogP contribution in [0.4, 0.5) is 0 Å². The van der Waals surface area contributed by atoms with E-state index in [9.17, 15) is 5.11 Å². The van der Waals surface area contributed by atoms with Crippen LogP contribution in [-0.2, 0) is 0 Å². The molecule has 1 aliphatic rings. The van der Waals surface area contributed by atoms with Crippen LogP contribution in [0.25, 0.3) is 0 Å². The SMILES string of the molecule is COc1cc([C@H](N)CC2CC2)cc(Br)c1O.Cl. The van der Waals surface area contributed by atoms with Gasteiger partial charge in [0, 0.05) is 6.04 Å². The van der Waals surface area contributed by atoms with Crippen LogP contribution >= 0.6 is 28.3 Å². The maximum absolute atomic E-state index is 9.69. The minimum atomic E-state index is 0. The molecule has 17 heavy (non-hydrogen) atoms. The van der Waals surface area contributed by atoms with Crippen molar-refractivity contribution >= 4 is 28.3 Å². The summed E-state index contributed by atoms with van der Waals surface area (Å²) in [5.74, 6) is 1.38. The summed E-state index contributed by atoms with van der Waals surface area (Å²) < 4.78 is 5.73. The fourth-order valence-electron chi connectivity index (χ4n) is 1.81. The van der Waals surface area contributed by atoms with Gasteiger partial charge in [0.25, 0.3) is 0 Å². The van der Waals surface area contributed by atoms with E-state index < -0.39 is 0 Å². The number of hydrogen-bond donors (Lipinski definition) is 2. The van der Waals surface area contributed by atoms with E-state index in [0.29, 0.717) is 10.2 Å². The summed E-state index contributed by atoms with van der Waals surface area (Å²) in [6.07, 6.45) is 3.61. The summed E-state index contributed by atoms with van der Waals surface area (Å²) in [4.78, 5) is 0. The number of rotatable bonds is 4. The number of phenolic OH excluding ortho intramolecular Hbond substituents is 1. The van der Waals surface area contributed by atoms with Crippen molar-refractivity contribution in [1.29, 1.82) is 0 Å². The summed E-state index contributed by atoms with van der Waals surface area (Å²) in [6.45, 7) is 0. The van der Waals surface area contributed by atoms with E-state index in [2.05, 4.69) is 15.9 Å². The lowest BCUT2D eigenvalue weighted by Gasteiger charge is -2.14. The summed E-state index contributed by atoms with van der Waals surface area (Å²) in [6, 6.07) is 3.70. The second kappa shape index (κ2) is 5.94. The van der Waals surface area contributed by atoms with Crippen molar-refractivity contribution in [2.45, 2.75) is 25.3 Å². The van der Waals surface area contributed by atoms with Gasteiger partial charge in [-0.3, -0.25) is 0 Å². The van der Waals surface area contributed by atoms with E-state index in [1.54, 1.807) is 0 Å². The first kappa shape index (κ1) is 14.6. The molecule has 2 rings (SSSR count). The highest BCUT2D eigenvalue weighted by atomic mass is 79.9. The Morgan fingerprint density at radius 2 is 2.18 bits per heavy atom. The molecule has 0 heterocycles. The molecule has 0 radical (unpaired) electrons. The van der Waals surface area contributed by atoms with Crippen LogP contribution in [0.1, 0.15) is 30.9 Å². The second-order valence-electron chi connectivity index (χ2n) is 4.34. The number of methoxy groups -OCH3 is 1. The van der Waals surface area contributed by atoms with E-state index in [1.807, 2.05) is 12.1 Å². The lowest BCUT2D eigenvalue weighted by atomic mass is 10.0. The molecule has 0 unspecified atom stereocenters. The first-order valence-corrected chi connectivity index (χ1v) is 6.23. The third-order valence-electron chi connectivity index (χ3n) is 2.98. The molecule has 3 nitrogen and oxygen atoms in total. The van der Waals surface area contributed by atoms with Gasteiger partial charge in [-0.05, 0) is 46.0 Å². The zero-order valence-electron chi connectivity index (χ0n) is 9.65. The van der Waals surface area contributed by atoms with Crippen molar-refractivity contribution in [1.82, 2.24) is 0 Å². The van der Waals surface area contributed by atoms with E-state index in [4.69, 9.17) is 10.5 Å². The Bertz CT molecular complexity index is 396. The topological polar surface area (TPSA) is 55.5 Å². The van der Waals surface area contributed by atoms with Crippen molar-refractivity contribution in [3.05, 3.63) is 22.2 Å². The maximum atomic E-state index is 9.69. The van der Waals surface area contributed by atoms with Crippen LogP contribution in [0.5, 0.6) is 11.5 Å². The summed E-state index contributed by atoms with van der Waals surface area (Å²) in [5, 5.41) is 9.69. The monoisotopic (exact) mass is 321 g/mol. The van der Waals surface area contributed by atoms with Crippen molar-refractivity contribution in [2.24, 2.45) is 11.7 Å². The average molecular weight is 323 g/mol. The zero-order chi connectivity index (χ0) is 11.7. The zero-order valence-corrected chi connectivity index (χ0v) is 12.1. The van der Waals surface area contributed by atoms with E-state index >= 15 is 0 Å². The Balaban J connectivity index is 0.00000144. The number of nitrogens with two attached hydrogens (primary N) is 1. The molecule has 1 aliphatic carbocycles. The van der Waals surface area contributed by atoms with Crippen LogP contribution in [0.15, 0.2) is 16.6 Å². The fourth-order valence-corrected chi connectivity index (χ4v) is 2.27. The summed E-state index contributed by atoms with van der Waals surface area (Å²) >= 11 is 3.30. The summed E-state index contributed by atoms with van der Waals surface area (Å²) in [7, 11) is 1.54. The van der Waals surface area contributed by atoms with Gasteiger partial charge in [0.05, 0.1) is 11.6 Å². The van der Waals surface area contributed by atoms with E-state index in [0.717, 1.165) is 17.9 Å². The molecule has 0 bridgehead atoms. The number of ether oxygens (including phenoxy) is 1. The molecule has 1 saturated carbocycles. The van der Waals surface area contributed by atoms with Crippen LogP contribution in [0.2, 0.25) is 0 Å². The van der Waals surface area contributed by atoms with Gasteiger partial charge >= 0.3 is 0 Å². The summed E-state index contributed by atoms with van der Waals surface area (Å²) in [5.41, 5.74) is 7.13. The predicted molar refractivity (Wildman–Crippen MR) is 73.9 cm³/mol. The molecule has 1 fully saturated rings. The largest absolute Gasteiger partial charge is 0.503 e. The second-order valence-corrected chi connectivity index (χ2v) is 5.19. The molecule has 1 aromatic rings. The predicted octanol–water partition coefficient (Wildman–Crippen LogP) is 3.39. The molecule has 0 aliphatic heterocycles. The minimum absolute atomic E-state index is 0. The van der Waals surface area contributed by atoms with E-state index in [1.165, 1.54) is 20.0 Å². The van der Waals surface area contributed by atoms with Gasteiger partial charge in [0.2, 0.25) is 0 Å². The average Bonchev–Trinajstić information content (AvgIpc) is 3.05. The fraction of sp³-hybridized carbons (Fsp3) is 0.500. The lowest BCUT2D eigenvalue weighted by Crippen LogP contribution is -2.11. The van der Waals surface area contributed by atoms with Gasteiger partial charge in [-0.15, -0.1) is 12.4 Å². The molecular weight excluding hydrogens is 305 g/mol. The Morgan fingerprint density at radius 1 is 1.53 bits per heavy atom. The highest BCUT2D eigenvalue weighted by Gasteiger charge is 2.25. The normalized spacial score (nSPS) is 16.2. The van der Waals surface area contributed by atoms with Gasteiger partial charge in [-0.2, -0.15) is 0 Å². The first-order valence-electron chi connectivity index (χ1n) is 5.43. The first-order chi connectivity index (χ1) is 7.61. The molecule has 0 saturated heterocycles. The molecule has 3 N–H and O–H groups in total. The highest BCUT2D eigenvalue weighted by Crippen LogP contribution is 2.40. The standard InChI is InChI=1S/C12H16BrNO2.ClH/c1-16-11-6-8(5-9(13)12(11)15)10(14)4-7-2-3-7;/h5-7,10,15H,2-4,14H2,1H3;1H/t10-;/m1./s1. The highest BCUT2D eigenvalue weighted by molar-refractivity contribution is 9.10. The minimum Gasteiger partial charge on any atom is -0.503 e. The molecule has 0 spiro atoms. The third kappa shape index (κ3) is 3.50. The molecule has 0 amide bonds. The molecule has 1 aromatic carbocycles. The van der Waals surface area contributed by atoms with Gasteiger partial charge in [-0.25, -0.2) is 0 Å². The van der Waals surface area contributed by atoms with Crippen molar-refractivity contribution in [2.75, 3.05) is 7.11 Å². The Kier molecular flexibility index (Phi) is 5.10. The number of phenols is 1. The molecule has 5 heteroatoms. The molecule has 0 aromatic heterocycles. The van der Waals surface area contributed by atoms with Crippen LogP contribution in [0, 0.1) is 5.92 Å². The van der Waals surface area contributed by atoms with Crippen LogP contribution < -0.4 is 10.5 Å². The van der Waals surface area contributed by atoms with E-state index in [-0.39, 0.29) is 24.2 Å². The van der Waals surface area contributed by atoms with Crippen molar-refractivity contribution in [3.63, 3.8) is 0 Å². The number of hydrogen-bond acceptors (Lipinski definition) is 3. The third-order valence-corrected chi connectivity index (χ3v) is 3.59. The van der Waals surface area contributed by atoms with Crippen LogP contribution in [-0.4, -0.2) is 12.2 Å². The molecular formula is C12H17BrClNO2. The Labute approximate surface area is 116 Å². The maximum Gasteiger partial charge on any atom is 0.172 e. The number of aromatic hydroxyl groups is 1. The molecule has 96 valence electrons. The van der Waals surface area contributed by atoms with Crippen molar-refractivity contribution < 1.29 is 9.84 Å². The Morgan fingerprint density at radius 3 is 2.71 bits per heavy atom.